The summed E-state index contributed by atoms with van der Waals surface area (Å²) in [7, 11) is 0. The first-order valence-electron chi connectivity index (χ1n) is 7.41. The third-order valence-corrected chi connectivity index (χ3v) is 4.02. The number of H-pyrrole nitrogens is 1. The molecular formula is C14H20N4O5. The summed E-state index contributed by atoms with van der Waals surface area (Å²) in [5, 5.41) is 23.4. The van der Waals surface area contributed by atoms with Gasteiger partial charge in [-0.15, -0.1) is 0 Å². The van der Waals surface area contributed by atoms with Gasteiger partial charge in [0, 0.05) is 18.3 Å². The first kappa shape index (κ1) is 16.9. The van der Waals surface area contributed by atoms with Gasteiger partial charge in [-0.1, -0.05) is 12.8 Å². The fraction of sp³-hybridized carbons (Fsp3) is 0.571. The molecule has 0 saturated heterocycles. The lowest BCUT2D eigenvalue weighted by Gasteiger charge is -2.28. The Morgan fingerprint density at radius 1 is 1.30 bits per heavy atom. The van der Waals surface area contributed by atoms with Crippen molar-refractivity contribution in [2.24, 2.45) is 0 Å². The molecule has 1 fully saturated rings. The normalized spacial score (nSPS) is 17.6. The molecule has 1 aliphatic carbocycles. The molecule has 0 aromatic carbocycles. The maximum Gasteiger partial charge on any atom is 0.329 e. The summed E-state index contributed by atoms with van der Waals surface area (Å²) in [4.78, 5) is 41.4. The molecule has 126 valence electrons. The van der Waals surface area contributed by atoms with Crippen LogP contribution in [0.2, 0.25) is 0 Å². The Hall–Kier alpha value is -2.42. The van der Waals surface area contributed by atoms with Gasteiger partial charge in [-0.25, -0.2) is 9.78 Å². The van der Waals surface area contributed by atoms with E-state index >= 15 is 0 Å². The van der Waals surface area contributed by atoms with Gasteiger partial charge in [0.1, 0.15) is 5.54 Å². The van der Waals surface area contributed by atoms with Crippen molar-refractivity contribution >= 4 is 17.8 Å². The average Bonchev–Trinajstić information content (AvgIpc) is 3.15. The number of rotatable bonds is 8. The minimum absolute atomic E-state index is 0.189. The van der Waals surface area contributed by atoms with E-state index in [2.05, 4.69) is 20.6 Å². The number of carboxylic acids is 2. The molecule has 1 aliphatic rings. The fourth-order valence-electron chi connectivity index (χ4n) is 2.78. The number of nitrogens with one attached hydrogen (secondary N) is 3. The molecule has 1 amide bonds. The Morgan fingerprint density at radius 3 is 2.52 bits per heavy atom. The van der Waals surface area contributed by atoms with E-state index in [-0.39, 0.29) is 6.42 Å². The Labute approximate surface area is 132 Å². The molecule has 9 heteroatoms. The highest BCUT2D eigenvalue weighted by atomic mass is 16.4. The molecule has 0 aliphatic heterocycles. The largest absolute Gasteiger partial charge is 0.480 e. The van der Waals surface area contributed by atoms with Crippen LogP contribution in [0.3, 0.4) is 0 Å². The second kappa shape index (κ2) is 7.23. The summed E-state index contributed by atoms with van der Waals surface area (Å²) >= 11 is 0. The van der Waals surface area contributed by atoms with E-state index in [0.717, 1.165) is 12.8 Å². The van der Waals surface area contributed by atoms with Crippen LogP contribution in [0.1, 0.15) is 31.4 Å². The molecular weight excluding hydrogens is 304 g/mol. The van der Waals surface area contributed by atoms with Crippen molar-refractivity contribution in [3.05, 3.63) is 18.2 Å². The summed E-state index contributed by atoms with van der Waals surface area (Å²) in [6.07, 6.45) is 5.41. The molecule has 1 atom stereocenters. The van der Waals surface area contributed by atoms with E-state index < -0.39 is 36.0 Å². The average molecular weight is 324 g/mol. The lowest BCUT2D eigenvalue weighted by atomic mass is 9.96. The third kappa shape index (κ3) is 4.28. The van der Waals surface area contributed by atoms with Gasteiger partial charge < -0.3 is 20.5 Å². The Balaban J connectivity index is 2.08. The quantitative estimate of drug-likeness (QED) is 0.434. The number of amides is 1. The van der Waals surface area contributed by atoms with Gasteiger partial charge in [-0.3, -0.25) is 14.9 Å². The zero-order valence-corrected chi connectivity index (χ0v) is 12.5. The smallest absolute Gasteiger partial charge is 0.329 e. The lowest BCUT2D eigenvalue weighted by Crippen LogP contribution is -2.58. The van der Waals surface area contributed by atoms with Crippen LogP contribution < -0.4 is 10.6 Å². The summed E-state index contributed by atoms with van der Waals surface area (Å²) in [6.45, 7) is -0.397. The van der Waals surface area contributed by atoms with Crippen molar-refractivity contribution in [2.45, 2.75) is 43.7 Å². The summed E-state index contributed by atoms with van der Waals surface area (Å²) in [6, 6.07) is -0.858. The third-order valence-electron chi connectivity index (χ3n) is 4.02. The van der Waals surface area contributed by atoms with E-state index in [0.29, 0.717) is 18.5 Å². The predicted octanol–water partition coefficient (Wildman–Crippen LogP) is -0.491. The molecule has 0 bridgehead atoms. The van der Waals surface area contributed by atoms with E-state index in [1.807, 2.05) is 0 Å². The van der Waals surface area contributed by atoms with E-state index in [9.17, 15) is 19.5 Å². The summed E-state index contributed by atoms with van der Waals surface area (Å²) in [5.41, 5.74) is -0.604. The van der Waals surface area contributed by atoms with Gasteiger partial charge in [0.25, 0.3) is 0 Å². The molecule has 2 rings (SSSR count). The highest BCUT2D eigenvalue weighted by molar-refractivity contribution is 5.90. The molecule has 23 heavy (non-hydrogen) atoms. The van der Waals surface area contributed by atoms with Crippen molar-refractivity contribution in [1.82, 2.24) is 20.6 Å². The second-order valence-corrected chi connectivity index (χ2v) is 5.69. The number of hydrogen-bond acceptors (Lipinski definition) is 5. The summed E-state index contributed by atoms with van der Waals surface area (Å²) < 4.78 is 0. The maximum atomic E-state index is 12.5. The fourth-order valence-corrected chi connectivity index (χ4v) is 2.78. The minimum atomic E-state index is -1.26. The van der Waals surface area contributed by atoms with Crippen LogP contribution in [0.5, 0.6) is 0 Å². The zero-order chi connectivity index (χ0) is 16.9. The number of aromatic nitrogens is 2. The number of carbonyl (C=O) groups is 3. The minimum Gasteiger partial charge on any atom is -0.480 e. The molecule has 1 aromatic rings. The Morgan fingerprint density at radius 2 is 2.00 bits per heavy atom. The topological polar surface area (TPSA) is 144 Å². The van der Waals surface area contributed by atoms with Crippen molar-refractivity contribution in [1.29, 1.82) is 0 Å². The number of aromatic amines is 1. The van der Waals surface area contributed by atoms with E-state index in [1.54, 1.807) is 0 Å². The Kier molecular flexibility index (Phi) is 5.32. The molecule has 1 saturated carbocycles. The van der Waals surface area contributed by atoms with Crippen molar-refractivity contribution in [3.63, 3.8) is 0 Å². The van der Waals surface area contributed by atoms with Gasteiger partial charge in [-0.2, -0.15) is 0 Å². The first-order chi connectivity index (χ1) is 10.9. The van der Waals surface area contributed by atoms with E-state index in [1.165, 1.54) is 12.5 Å². The lowest BCUT2D eigenvalue weighted by molar-refractivity contribution is -0.148. The predicted molar refractivity (Wildman–Crippen MR) is 78.7 cm³/mol. The second-order valence-electron chi connectivity index (χ2n) is 5.69. The molecule has 0 unspecified atom stereocenters. The van der Waals surface area contributed by atoms with Crippen molar-refractivity contribution < 1.29 is 24.6 Å². The number of imidazole rings is 1. The number of carboxylic acid groups (broad SMARTS) is 2. The molecule has 1 aromatic heterocycles. The number of carbonyl (C=O) groups excluding carboxylic acids is 1. The van der Waals surface area contributed by atoms with Gasteiger partial charge >= 0.3 is 11.9 Å². The highest BCUT2D eigenvalue weighted by Crippen LogP contribution is 2.30. The highest BCUT2D eigenvalue weighted by Gasteiger charge is 2.43. The summed E-state index contributed by atoms with van der Waals surface area (Å²) in [5.74, 6) is -2.67. The van der Waals surface area contributed by atoms with Crippen molar-refractivity contribution in [3.8, 4) is 0 Å². The molecule has 5 N–H and O–H groups in total. The van der Waals surface area contributed by atoms with Crippen molar-refractivity contribution in [2.75, 3.05) is 6.54 Å². The van der Waals surface area contributed by atoms with Gasteiger partial charge in [-0.05, 0) is 12.8 Å². The molecule has 9 nitrogen and oxygen atoms in total. The Bertz CT molecular complexity index is 566. The van der Waals surface area contributed by atoms with Gasteiger partial charge in [0.15, 0.2) is 0 Å². The first-order valence-corrected chi connectivity index (χ1v) is 7.41. The molecule has 1 heterocycles. The zero-order valence-electron chi connectivity index (χ0n) is 12.5. The maximum absolute atomic E-state index is 12.5. The van der Waals surface area contributed by atoms with Crippen LogP contribution in [0, 0.1) is 0 Å². The molecule has 0 radical (unpaired) electrons. The number of aliphatic carboxylic acids is 2. The SMILES string of the molecule is O=C(O)CN[C@@H](Cc1cnc[nH]1)C(=O)NC1(C(=O)O)CCCC1. The van der Waals surface area contributed by atoms with Crippen LogP contribution in [-0.2, 0) is 20.8 Å². The van der Waals surface area contributed by atoms with Gasteiger partial charge in [0.2, 0.25) is 5.91 Å². The standard InChI is InChI=1S/C14H20N4O5/c19-11(20)7-16-10(5-9-6-15-8-17-9)12(21)18-14(13(22)23)3-1-2-4-14/h6,8,10,16H,1-5,7H2,(H,15,17)(H,18,21)(H,19,20)(H,22,23)/t10-/m0/s1. The molecule has 0 spiro atoms. The van der Waals surface area contributed by atoms with E-state index in [4.69, 9.17) is 5.11 Å². The van der Waals surface area contributed by atoms with Crippen LogP contribution in [-0.4, -0.2) is 56.2 Å². The van der Waals surface area contributed by atoms with Crippen LogP contribution in [0.4, 0.5) is 0 Å². The monoisotopic (exact) mass is 324 g/mol. The van der Waals surface area contributed by atoms with Crippen LogP contribution in [0.25, 0.3) is 0 Å². The van der Waals surface area contributed by atoms with Crippen LogP contribution >= 0.6 is 0 Å². The number of nitrogens with zero attached hydrogens (tertiary/aromatic N) is 1. The van der Waals surface area contributed by atoms with Crippen LogP contribution in [0.15, 0.2) is 12.5 Å². The van der Waals surface area contributed by atoms with Gasteiger partial charge in [0.05, 0.1) is 18.9 Å². The number of hydrogen-bond donors (Lipinski definition) is 5.